The summed E-state index contributed by atoms with van der Waals surface area (Å²) in [6.07, 6.45) is 0. The SMILES string of the molecule is [B]N1CCN(c2cc(COC)cc(C)n2)CC1. The second kappa shape index (κ2) is 5.51. The predicted octanol–water partition coefficient (Wildman–Crippen LogP) is 0.742. The molecule has 17 heavy (non-hydrogen) atoms. The zero-order valence-corrected chi connectivity index (χ0v) is 10.5. The van der Waals surface area contributed by atoms with Crippen molar-refractivity contribution in [1.82, 2.24) is 9.79 Å². The van der Waals surface area contributed by atoms with Crippen molar-refractivity contribution in [3.8, 4) is 0 Å². The highest BCUT2D eigenvalue weighted by Gasteiger charge is 2.15. The van der Waals surface area contributed by atoms with Gasteiger partial charge in [0.05, 0.1) is 6.61 Å². The second-order valence-corrected chi connectivity index (χ2v) is 4.43. The molecule has 0 atom stereocenters. The van der Waals surface area contributed by atoms with Gasteiger partial charge in [0.15, 0.2) is 7.98 Å². The molecule has 1 aromatic heterocycles. The van der Waals surface area contributed by atoms with Crippen LogP contribution in [0.4, 0.5) is 5.82 Å². The summed E-state index contributed by atoms with van der Waals surface area (Å²) in [6.45, 7) is 6.28. The van der Waals surface area contributed by atoms with Gasteiger partial charge >= 0.3 is 0 Å². The topological polar surface area (TPSA) is 28.6 Å². The standard InChI is InChI=1S/C12H18BN3O/c1-10-7-11(9-17-2)8-12(14-10)15-3-5-16(13)6-4-15/h7-8H,3-6,9H2,1-2H3. The van der Waals surface area contributed by atoms with E-state index in [0.29, 0.717) is 6.61 Å². The third kappa shape index (κ3) is 3.20. The van der Waals surface area contributed by atoms with Crippen molar-refractivity contribution >= 4 is 13.8 Å². The summed E-state index contributed by atoms with van der Waals surface area (Å²) in [6, 6.07) is 4.16. The minimum Gasteiger partial charge on any atom is -0.380 e. The van der Waals surface area contributed by atoms with Crippen LogP contribution >= 0.6 is 0 Å². The molecule has 2 heterocycles. The molecule has 1 saturated heterocycles. The molecule has 2 radical (unpaired) electrons. The van der Waals surface area contributed by atoms with Crippen molar-refractivity contribution in [3.63, 3.8) is 0 Å². The quantitative estimate of drug-likeness (QED) is 0.717. The van der Waals surface area contributed by atoms with Crippen LogP contribution in [-0.4, -0.2) is 51.1 Å². The Bertz CT molecular complexity index is 378. The molecule has 90 valence electrons. The summed E-state index contributed by atoms with van der Waals surface area (Å²) in [5.41, 5.74) is 2.20. The van der Waals surface area contributed by atoms with Crippen molar-refractivity contribution in [1.29, 1.82) is 0 Å². The van der Waals surface area contributed by atoms with Gasteiger partial charge in [-0.25, -0.2) is 4.98 Å². The number of nitrogens with zero attached hydrogens (tertiary/aromatic N) is 3. The van der Waals surface area contributed by atoms with Crippen LogP contribution in [0, 0.1) is 6.92 Å². The number of ether oxygens (including phenoxy) is 1. The summed E-state index contributed by atoms with van der Waals surface area (Å²) < 4.78 is 5.17. The number of anilines is 1. The normalized spacial score (nSPS) is 17.4. The largest absolute Gasteiger partial charge is 0.380 e. The molecule has 1 fully saturated rings. The fraction of sp³-hybridized carbons (Fsp3) is 0.583. The Morgan fingerprint density at radius 2 is 2.00 bits per heavy atom. The lowest BCUT2D eigenvalue weighted by atomic mass is 10.2. The highest BCUT2D eigenvalue weighted by Crippen LogP contribution is 2.17. The van der Waals surface area contributed by atoms with E-state index in [2.05, 4.69) is 22.0 Å². The number of pyridine rings is 1. The Morgan fingerprint density at radius 3 is 2.65 bits per heavy atom. The molecular formula is C12H18BN3O. The van der Waals surface area contributed by atoms with Crippen LogP contribution in [0.1, 0.15) is 11.3 Å². The summed E-state index contributed by atoms with van der Waals surface area (Å²) in [4.78, 5) is 8.70. The monoisotopic (exact) mass is 231 g/mol. The third-order valence-electron chi connectivity index (χ3n) is 2.95. The number of piperazine rings is 1. The maximum Gasteiger partial charge on any atom is 0.182 e. The fourth-order valence-electron chi connectivity index (χ4n) is 2.08. The first-order chi connectivity index (χ1) is 8.19. The van der Waals surface area contributed by atoms with Gasteiger partial charge in [0, 0.05) is 39.0 Å². The minimum atomic E-state index is 0.632. The first-order valence-electron chi connectivity index (χ1n) is 5.90. The van der Waals surface area contributed by atoms with E-state index in [1.807, 2.05) is 11.7 Å². The van der Waals surface area contributed by atoms with E-state index >= 15 is 0 Å². The second-order valence-electron chi connectivity index (χ2n) is 4.43. The number of rotatable bonds is 3. The Kier molecular flexibility index (Phi) is 4.02. The van der Waals surface area contributed by atoms with Gasteiger partial charge in [-0.15, -0.1) is 0 Å². The van der Waals surface area contributed by atoms with E-state index in [-0.39, 0.29) is 0 Å². The zero-order valence-electron chi connectivity index (χ0n) is 10.5. The van der Waals surface area contributed by atoms with Crippen LogP contribution in [0.5, 0.6) is 0 Å². The molecular weight excluding hydrogens is 213 g/mol. The molecule has 0 N–H and O–H groups in total. The van der Waals surface area contributed by atoms with E-state index < -0.39 is 0 Å². The average Bonchev–Trinajstić information content (AvgIpc) is 2.29. The summed E-state index contributed by atoms with van der Waals surface area (Å²) in [5.74, 6) is 1.03. The zero-order chi connectivity index (χ0) is 12.3. The van der Waals surface area contributed by atoms with Gasteiger partial charge in [0.25, 0.3) is 0 Å². The fourth-order valence-corrected chi connectivity index (χ4v) is 2.08. The first kappa shape index (κ1) is 12.4. The molecule has 5 heteroatoms. The number of hydrogen-bond acceptors (Lipinski definition) is 4. The van der Waals surface area contributed by atoms with Crippen molar-refractivity contribution < 1.29 is 4.74 Å². The number of aryl methyl sites for hydroxylation is 1. The van der Waals surface area contributed by atoms with Crippen LogP contribution in [0.25, 0.3) is 0 Å². The average molecular weight is 231 g/mol. The highest BCUT2D eigenvalue weighted by molar-refractivity contribution is 6.04. The first-order valence-corrected chi connectivity index (χ1v) is 5.90. The molecule has 1 aliphatic heterocycles. The van der Waals surface area contributed by atoms with Crippen molar-refractivity contribution in [2.45, 2.75) is 13.5 Å². The summed E-state index contributed by atoms with van der Waals surface area (Å²) in [5, 5.41) is 0. The lowest BCUT2D eigenvalue weighted by Crippen LogP contribution is -2.45. The van der Waals surface area contributed by atoms with Gasteiger partial charge in [-0.2, -0.15) is 0 Å². The lowest BCUT2D eigenvalue weighted by Gasteiger charge is -2.34. The summed E-state index contributed by atoms with van der Waals surface area (Å²) in [7, 11) is 7.46. The Labute approximate surface area is 104 Å². The smallest absolute Gasteiger partial charge is 0.182 e. The molecule has 0 spiro atoms. The van der Waals surface area contributed by atoms with Crippen molar-refractivity contribution in [2.75, 3.05) is 38.2 Å². The lowest BCUT2D eigenvalue weighted by molar-refractivity contribution is 0.185. The molecule has 0 amide bonds. The van der Waals surface area contributed by atoms with E-state index in [1.54, 1.807) is 7.11 Å². The van der Waals surface area contributed by atoms with Gasteiger partial charge in [0.1, 0.15) is 5.82 Å². The maximum atomic E-state index is 5.75. The van der Waals surface area contributed by atoms with Gasteiger partial charge in [-0.1, -0.05) is 0 Å². The molecule has 1 aliphatic rings. The Balaban J connectivity index is 2.14. The minimum absolute atomic E-state index is 0.632. The number of aromatic nitrogens is 1. The van der Waals surface area contributed by atoms with Crippen LogP contribution < -0.4 is 4.90 Å². The molecule has 1 aromatic rings. The molecule has 0 aliphatic carbocycles. The Morgan fingerprint density at radius 1 is 1.29 bits per heavy atom. The van der Waals surface area contributed by atoms with E-state index in [0.717, 1.165) is 37.7 Å². The maximum absolute atomic E-state index is 5.75. The molecule has 0 saturated carbocycles. The predicted molar refractivity (Wildman–Crippen MR) is 69.2 cm³/mol. The molecule has 0 aromatic carbocycles. The van der Waals surface area contributed by atoms with Gasteiger partial charge in [-0.3, -0.25) is 0 Å². The van der Waals surface area contributed by atoms with E-state index in [9.17, 15) is 0 Å². The van der Waals surface area contributed by atoms with E-state index in [1.165, 1.54) is 5.56 Å². The van der Waals surface area contributed by atoms with Crippen LogP contribution in [-0.2, 0) is 11.3 Å². The van der Waals surface area contributed by atoms with Crippen LogP contribution in [0.15, 0.2) is 12.1 Å². The Hall–Kier alpha value is -1.07. The van der Waals surface area contributed by atoms with Gasteiger partial charge in [-0.05, 0) is 24.6 Å². The summed E-state index contributed by atoms with van der Waals surface area (Å²) >= 11 is 0. The number of hydrogen-bond donors (Lipinski definition) is 0. The van der Waals surface area contributed by atoms with Gasteiger partial charge in [0.2, 0.25) is 0 Å². The van der Waals surface area contributed by atoms with E-state index in [4.69, 9.17) is 12.7 Å². The molecule has 4 nitrogen and oxygen atoms in total. The third-order valence-corrected chi connectivity index (χ3v) is 2.95. The molecule has 2 rings (SSSR count). The van der Waals surface area contributed by atoms with Crippen molar-refractivity contribution in [2.24, 2.45) is 0 Å². The molecule has 0 bridgehead atoms. The molecule has 0 unspecified atom stereocenters. The highest BCUT2D eigenvalue weighted by atomic mass is 16.5. The van der Waals surface area contributed by atoms with Crippen molar-refractivity contribution in [3.05, 3.63) is 23.4 Å². The number of methoxy groups -OCH3 is 1. The van der Waals surface area contributed by atoms with Gasteiger partial charge < -0.3 is 14.4 Å². The van der Waals surface area contributed by atoms with Crippen LogP contribution in [0.3, 0.4) is 0 Å². The van der Waals surface area contributed by atoms with Crippen LogP contribution in [0.2, 0.25) is 0 Å².